The van der Waals surface area contributed by atoms with Crippen molar-refractivity contribution in [3.63, 3.8) is 0 Å². The van der Waals surface area contributed by atoms with Crippen molar-refractivity contribution >= 4 is 31.5 Å². The van der Waals surface area contributed by atoms with Crippen molar-refractivity contribution < 1.29 is 17.2 Å². The second-order valence-corrected chi connectivity index (χ2v) is 7.05. The predicted molar refractivity (Wildman–Crippen MR) is 75.8 cm³/mol. The van der Waals surface area contributed by atoms with Crippen LogP contribution in [0.2, 0.25) is 0 Å². The molecule has 20 heavy (non-hydrogen) atoms. The highest BCUT2D eigenvalue weighted by molar-refractivity contribution is 9.10. The summed E-state index contributed by atoms with van der Waals surface area (Å²) in [6.45, 7) is 0. The summed E-state index contributed by atoms with van der Waals surface area (Å²) in [5.41, 5.74) is 5.46. The van der Waals surface area contributed by atoms with Crippen molar-refractivity contribution in [1.29, 1.82) is 0 Å². The van der Waals surface area contributed by atoms with Crippen LogP contribution in [0.5, 0.6) is 0 Å². The molecule has 0 aliphatic heterocycles. The SMILES string of the molecule is Nc1ccc(Br)cc1S(=O)(=O)Cc1cc(F)ccc1F. The first-order chi connectivity index (χ1) is 9.29. The first kappa shape index (κ1) is 14.9. The summed E-state index contributed by atoms with van der Waals surface area (Å²) in [6, 6.07) is 7.04. The Balaban J connectivity index is 2.46. The van der Waals surface area contributed by atoms with Gasteiger partial charge in [0.2, 0.25) is 0 Å². The van der Waals surface area contributed by atoms with E-state index in [9.17, 15) is 17.2 Å². The summed E-state index contributed by atoms with van der Waals surface area (Å²) in [5, 5.41) is 0. The van der Waals surface area contributed by atoms with Crippen LogP contribution in [0.1, 0.15) is 5.56 Å². The fourth-order valence-corrected chi connectivity index (χ4v) is 3.75. The van der Waals surface area contributed by atoms with Gasteiger partial charge in [-0.1, -0.05) is 15.9 Å². The Labute approximate surface area is 123 Å². The van der Waals surface area contributed by atoms with E-state index >= 15 is 0 Å². The van der Waals surface area contributed by atoms with Crippen molar-refractivity contribution in [2.24, 2.45) is 0 Å². The number of sulfone groups is 1. The molecular formula is C13H10BrF2NO2S. The lowest BCUT2D eigenvalue weighted by molar-refractivity contribution is 0.579. The molecule has 0 saturated heterocycles. The van der Waals surface area contributed by atoms with Gasteiger partial charge < -0.3 is 5.73 Å². The maximum Gasteiger partial charge on any atom is 0.184 e. The molecule has 0 fully saturated rings. The van der Waals surface area contributed by atoms with Gasteiger partial charge in [0.1, 0.15) is 11.6 Å². The second kappa shape index (κ2) is 5.49. The standard InChI is InChI=1S/C13H10BrF2NO2S/c14-9-1-4-12(17)13(6-9)20(18,19)7-8-5-10(15)2-3-11(8)16/h1-6H,7,17H2. The molecule has 0 spiro atoms. The minimum Gasteiger partial charge on any atom is -0.398 e. The van der Waals surface area contributed by atoms with E-state index in [2.05, 4.69) is 15.9 Å². The number of anilines is 1. The van der Waals surface area contributed by atoms with Gasteiger partial charge in [0.25, 0.3) is 0 Å². The minimum atomic E-state index is -3.87. The van der Waals surface area contributed by atoms with Crippen molar-refractivity contribution in [3.05, 3.63) is 58.1 Å². The molecule has 0 aromatic heterocycles. The molecular weight excluding hydrogens is 352 g/mol. The van der Waals surface area contributed by atoms with Crippen molar-refractivity contribution in [3.8, 4) is 0 Å². The second-order valence-electron chi connectivity index (χ2n) is 4.18. The molecule has 0 unspecified atom stereocenters. The average molecular weight is 362 g/mol. The van der Waals surface area contributed by atoms with E-state index in [1.165, 1.54) is 12.1 Å². The van der Waals surface area contributed by atoms with E-state index in [1.807, 2.05) is 0 Å². The quantitative estimate of drug-likeness (QED) is 0.853. The maximum atomic E-state index is 13.5. The van der Waals surface area contributed by atoms with Crippen LogP contribution in [0.25, 0.3) is 0 Å². The molecule has 0 aliphatic rings. The van der Waals surface area contributed by atoms with Crippen molar-refractivity contribution in [2.45, 2.75) is 10.6 Å². The molecule has 0 aliphatic carbocycles. The van der Waals surface area contributed by atoms with Crippen LogP contribution in [0, 0.1) is 11.6 Å². The molecule has 7 heteroatoms. The van der Waals surface area contributed by atoms with Gasteiger partial charge >= 0.3 is 0 Å². The van der Waals surface area contributed by atoms with Crippen molar-refractivity contribution in [2.75, 3.05) is 5.73 Å². The van der Waals surface area contributed by atoms with E-state index in [-0.39, 0.29) is 16.1 Å². The lowest BCUT2D eigenvalue weighted by atomic mass is 10.2. The van der Waals surface area contributed by atoms with Crippen LogP contribution in [0.4, 0.5) is 14.5 Å². The molecule has 0 radical (unpaired) electrons. The van der Waals surface area contributed by atoms with Gasteiger partial charge in [-0.05, 0) is 36.4 Å². The third-order valence-electron chi connectivity index (χ3n) is 2.66. The van der Waals surface area contributed by atoms with Gasteiger partial charge in [0.15, 0.2) is 9.84 Å². The summed E-state index contributed by atoms with van der Waals surface area (Å²) < 4.78 is 51.6. The Bertz CT molecular complexity index is 763. The monoisotopic (exact) mass is 361 g/mol. The van der Waals surface area contributed by atoms with Gasteiger partial charge in [-0.25, -0.2) is 17.2 Å². The van der Waals surface area contributed by atoms with Gasteiger partial charge in [-0.2, -0.15) is 0 Å². The summed E-state index contributed by atoms with van der Waals surface area (Å²) in [5.74, 6) is -2.13. The van der Waals surface area contributed by atoms with E-state index in [0.717, 1.165) is 18.2 Å². The highest BCUT2D eigenvalue weighted by Crippen LogP contribution is 2.26. The Morgan fingerprint density at radius 1 is 1.10 bits per heavy atom. The number of nitrogen functional groups attached to an aromatic ring is 1. The number of nitrogens with two attached hydrogens (primary N) is 1. The van der Waals surface area contributed by atoms with Crippen LogP contribution in [-0.4, -0.2) is 8.42 Å². The first-order valence-electron chi connectivity index (χ1n) is 5.51. The van der Waals surface area contributed by atoms with Crippen LogP contribution in [0.15, 0.2) is 45.8 Å². The van der Waals surface area contributed by atoms with Crippen LogP contribution in [0.3, 0.4) is 0 Å². The summed E-state index contributed by atoms with van der Waals surface area (Å²) >= 11 is 3.15. The zero-order chi connectivity index (χ0) is 14.9. The van der Waals surface area contributed by atoms with Crippen LogP contribution in [-0.2, 0) is 15.6 Å². The molecule has 2 N–H and O–H groups in total. The Morgan fingerprint density at radius 2 is 1.80 bits per heavy atom. The third-order valence-corrected chi connectivity index (χ3v) is 4.87. The molecule has 2 rings (SSSR count). The fraction of sp³-hybridized carbons (Fsp3) is 0.0769. The highest BCUT2D eigenvalue weighted by atomic mass is 79.9. The zero-order valence-corrected chi connectivity index (χ0v) is 12.5. The van der Waals surface area contributed by atoms with E-state index in [0.29, 0.717) is 4.47 Å². The molecule has 0 atom stereocenters. The number of halogens is 3. The van der Waals surface area contributed by atoms with E-state index < -0.39 is 27.2 Å². The summed E-state index contributed by atoms with van der Waals surface area (Å²) in [6.07, 6.45) is 0. The Hall–Kier alpha value is -1.47. The fourth-order valence-electron chi connectivity index (χ4n) is 1.71. The molecule has 2 aromatic rings. The van der Waals surface area contributed by atoms with E-state index in [4.69, 9.17) is 5.73 Å². The van der Waals surface area contributed by atoms with E-state index in [1.54, 1.807) is 6.07 Å². The van der Waals surface area contributed by atoms with Crippen LogP contribution >= 0.6 is 15.9 Å². The van der Waals surface area contributed by atoms with Gasteiger partial charge in [-0.15, -0.1) is 0 Å². The molecule has 0 bridgehead atoms. The Kier molecular flexibility index (Phi) is 4.10. The zero-order valence-electron chi connectivity index (χ0n) is 10.1. The number of rotatable bonds is 3. The molecule has 2 aromatic carbocycles. The lowest BCUT2D eigenvalue weighted by Crippen LogP contribution is -2.09. The van der Waals surface area contributed by atoms with Crippen LogP contribution < -0.4 is 5.73 Å². The molecule has 0 heterocycles. The predicted octanol–water partition coefficient (Wildman–Crippen LogP) is 3.28. The summed E-state index contributed by atoms with van der Waals surface area (Å²) in [4.78, 5) is -0.115. The smallest absolute Gasteiger partial charge is 0.184 e. The Morgan fingerprint density at radius 3 is 2.50 bits per heavy atom. The topological polar surface area (TPSA) is 60.2 Å². The average Bonchev–Trinajstić information content (AvgIpc) is 2.36. The third kappa shape index (κ3) is 3.16. The molecule has 3 nitrogen and oxygen atoms in total. The molecule has 106 valence electrons. The minimum absolute atomic E-state index is 0.0602. The number of hydrogen-bond donors (Lipinski definition) is 1. The molecule has 0 saturated carbocycles. The number of benzene rings is 2. The van der Waals surface area contributed by atoms with Gasteiger partial charge in [0, 0.05) is 10.0 Å². The summed E-state index contributed by atoms with van der Waals surface area (Å²) in [7, 11) is -3.87. The largest absolute Gasteiger partial charge is 0.398 e. The number of hydrogen-bond acceptors (Lipinski definition) is 3. The molecule has 0 amide bonds. The highest BCUT2D eigenvalue weighted by Gasteiger charge is 2.21. The van der Waals surface area contributed by atoms with Crippen molar-refractivity contribution in [1.82, 2.24) is 0 Å². The van der Waals surface area contributed by atoms with Gasteiger partial charge in [0.05, 0.1) is 16.3 Å². The maximum absolute atomic E-state index is 13.5. The first-order valence-corrected chi connectivity index (χ1v) is 7.96. The van der Waals surface area contributed by atoms with Gasteiger partial charge in [-0.3, -0.25) is 0 Å². The normalized spacial score (nSPS) is 11.6. The lowest BCUT2D eigenvalue weighted by Gasteiger charge is -2.09.